The predicted molar refractivity (Wildman–Crippen MR) is 84.1 cm³/mol. The Morgan fingerprint density at radius 2 is 1.11 bits per heavy atom. The van der Waals surface area contributed by atoms with Crippen LogP contribution in [0.15, 0.2) is 0 Å². The lowest BCUT2D eigenvalue weighted by Gasteiger charge is -2.43. The first-order valence-corrected chi connectivity index (χ1v) is 8.60. The Kier molecular flexibility index (Phi) is 11.3. The van der Waals surface area contributed by atoms with Gasteiger partial charge in [-0.3, -0.25) is 0 Å². The van der Waals surface area contributed by atoms with Gasteiger partial charge in [-0.05, 0) is 25.7 Å². The van der Waals surface area contributed by atoms with E-state index in [1.54, 1.807) is 0 Å². The topological polar surface area (TPSA) is 0 Å². The van der Waals surface area contributed by atoms with Crippen molar-refractivity contribution in [1.29, 1.82) is 0 Å². The monoisotopic (exact) mass is 276 g/mol. The number of halogens is 1. The fourth-order valence-electron chi connectivity index (χ4n) is 2.69. The van der Waals surface area contributed by atoms with Crippen molar-refractivity contribution in [1.82, 2.24) is 0 Å². The minimum absolute atomic E-state index is 0.333. The highest BCUT2D eigenvalue weighted by Crippen LogP contribution is 2.25. The Bertz CT molecular complexity index is 160. The molecule has 0 saturated heterocycles. The molecule has 0 aromatic carbocycles. The van der Waals surface area contributed by atoms with Crippen molar-refractivity contribution in [2.45, 2.75) is 84.6 Å². The van der Waals surface area contributed by atoms with Crippen LogP contribution >= 0.6 is 11.6 Å². The summed E-state index contributed by atoms with van der Waals surface area (Å²) in [6.45, 7) is 13.0. The number of hydrogen-bond acceptors (Lipinski definition) is 0. The summed E-state index contributed by atoms with van der Waals surface area (Å²) >= 11 is 6.78. The van der Waals surface area contributed by atoms with Crippen molar-refractivity contribution in [2.75, 3.05) is 19.6 Å². The van der Waals surface area contributed by atoms with Crippen LogP contribution in [0.2, 0.25) is 0 Å². The van der Waals surface area contributed by atoms with Gasteiger partial charge in [-0.25, -0.2) is 0 Å². The SMILES string of the molecule is CCCC[N+](CCCC)(CCCC)C(Cl)CCC. The van der Waals surface area contributed by atoms with Crippen molar-refractivity contribution in [3.63, 3.8) is 0 Å². The lowest BCUT2D eigenvalue weighted by Crippen LogP contribution is -2.55. The maximum Gasteiger partial charge on any atom is 0.164 e. The average Bonchev–Trinajstić information content (AvgIpc) is 2.38. The molecule has 0 radical (unpaired) electrons. The van der Waals surface area contributed by atoms with Crippen LogP contribution in [0.4, 0.5) is 0 Å². The van der Waals surface area contributed by atoms with Crippen molar-refractivity contribution in [2.24, 2.45) is 0 Å². The molecular weight excluding hydrogens is 242 g/mol. The number of quaternary nitrogens is 1. The summed E-state index contributed by atoms with van der Waals surface area (Å²) in [5.74, 6) is 0. The van der Waals surface area contributed by atoms with Gasteiger partial charge in [0.15, 0.2) is 5.50 Å². The Hall–Kier alpha value is 0.250. The maximum absolute atomic E-state index is 6.78. The first kappa shape index (κ1) is 18.2. The van der Waals surface area contributed by atoms with Gasteiger partial charge >= 0.3 is 0 Å². The molecule has 0 rings (SSSR count). The number of alkyl halides is 1. The summed E-state index contributed by atoms with van der Waals surface area (Å²) in [5, 5.41) is 0. The van der Waals surface area contributed by atoms with Crippen LogP contribution in [0, 0.1) is 0 Å². The van der Waals surface area contributed by atoms with E-state index in [9.17, 15) is 0 Å². The molecule has 0 N–H and O–H groups in total. The van der Waals surface area contributed by atoms with E-state index >= 15 is 0 Å². The molecule has 0 aliphatic rings. The smallest absolute Gasteiger partial charge is 0.164 e. The third-order valence-corrected chi connectivity index (χ3v) is 4.62. The molecule has 0 aromatic rings. The zero-order valence-electron chi connectivity index (χ0n) is 13.2. The van der Waals surface area contributed by atoms with E-state index in [1.165, 1.54) is 75.5 Å². The quantitative estimate of drug-likeness (QED) is 0.248. The van der Waals surface area contributed by atoms with Crippen LogP contribution in [0.1, 0.15) is 79.1 Å². The lowest BCUT2D eigenvalue weighted by atomic mass is 10.1. The Morgan fingerprint density at radius 3 is 1.39 bits per heavy atom. The molecule has 110 valence electrons. The molecule has 0 fully saturated rings. The van der Waals surface area contributed by atoms with Crippen LogP contribution in [-0.4, -0.2) is 29.6 Å². The number of nitrogens with zero attached hydrogens (tertiary/aromatic N) is 1. The Labute approximate surface area is 120 Å². The fourth-order valence-corrected chi connectivity index (χ4v) is 3.20. The first-order chi connectivity index (χ1) is 8.66. The summed E-state index contributed by atoms with van der Waals surface area (Å²) in [5.41, 5.74) is 0.333. The zero-order valence-corrected chi connectivity index (χ0v) is 13.9. The van der Waals surface area contributed by atoms with Crippen LogP contribution in [0.3, 0.4) is 0 Å². The average molecular weight is 277 g/mol. The summed E-state index contributed by atoms with van der Waals surface area (Å²) < 4.78 is 1.17. The number of unbranched alkanes of at least 4 members (excludes halogenated alkanes) is 3. The van der Waals surface area contributed by atoms with E-state index < -0.39 is 0 Å². The molecule has 0 heterocycles. The van der Waals surface area contributed by atoms with Gasteiger partial charge in [-0.1, -0.05) is 58.6 Å². The van der Waals surface area contributed by atoms with Gasteiger partial charge in [0.25, 0.3) is 0 Å². The van der Waals surface area contributed by atoms with E-state index in [1.807, 2.05) is 0 Å². The molecule has 1 unspecified atom stereocenters. The summed E-state index contributed by atoms with van der Waals surface area (Å²) in [6, 6.07) is 0. The molecule has 0 amide bonds. The number of hydrogen-bond donors (Lipinski definition) is 0. The summed E-state index contributed by atoms with van der Waals surface area (Å²) in [6.07, 6.45) is 10.2. The van der Waals surface area contributed by atoms with Crippen LogP contribution in [0.5, 0.6) is 0 Å². The van der Waals surface area contributed by atoms with E-state index in [0.29, 0.717) is 5.50 Å². The second-order valence-corrected chi connectivity index (χ2v) is 6.18. The van der Waals surface area contributed by atoms with Gasteiger partial charge in [0.2, 0.25) is 0 Å². The summed E-state index contributed by atoms with van der Waals surface area (Å²) in [4.78, 5) is 0. The maximum atomic E-state index is 6.78. The van der Waals surface area contributed by atoms with Gasteiger partial charge < -0.3 is 4.48 Å². The normalized spacial score (nSPS) is 13.8. The van der Waals surface area contributed by atoms with E-state index in [4.69, 9.17) is 11.6 Å². The van der Waals surface area contributed by atoms with Gasteiger partial charge in [-0.15, -0.1) is 0 Å². The van der Waals surface area contributed by atoms with Crippen molar-refractivity contribution in [3.8, 4) is 0 Å². The van der Waals surface area contributed by atoms with E-state index in [-0.39, 0.29) is 0 Å². The zero-order chi connectivity index (χ0) is 13.9. The Morgan fingerprint density at radius 1 is 0.722 bits per heavy atom. The predicted octanol–water partition coefficient (Wildman–Crippen LogP) is 5.57. The lowest BCUT2D eigenvalue weighted by molar-refractivity contribution is -0.940. The molecule has 18 heavy (non-hydrogen) atoms. The fraction of sp³-hybridized carbons (Fsp3) is 1.00. The number of rotatable bonds is 12. The summed E-state index contributed by atoms with van der Waals surface area (Å²) in [7, 11) is 0. The molecule has 0 aliphatic heterocycles. The molecule has 0 saturated carbocycles. The van der Waals surface area contributed by atoms with Gasteiger partial charge in [0.1, 0.15) is 0 Å². The Balaban J connectivity index is 4.72. The minimum Gasteiger partial charge on any atom is -0.309 e. The van der Waals surface area contributed by atoms with Crippen LogP contribution in [0.25, 0.3) is 0 Å². The van der Waals surface area contributed by atoms with Crippen LogP contribution in [-0.2, 0) is 0 Å². The van der Waals surface area contributed by atoms with Crippen molar-refractivity contribution < 1.29 is 4.48 Å². The largest absolute Gasteiger partial charge is 0.309 e. The van der Waals surface area contributed by atoms with Crippen molar-refractivity contribution in [3.05, 3.63) is 0 Å². The van der Waals surface area contributed by atoms with Crippen molar-refractivity contribution >= 4 is 11.6 Å². The van der Waals surface area contributed by atoms with Gasteiger partial charge in [0.05, 0.1) is 19.6 Å². The first-order valence-electron chi connectivity index (χ1n) is 8.16. The molecule has 1 nitrogen and oxygen atoms in total. The molecule has 2 heteroatoms. The highest BCUT2D eigenvalue weighted by molar-refractivity contribution is 6.19. The standard InChI is InChI=1S/C16H35ClN/c1-5-9-13-18(14-10-6-2,15-11-7-3)16(17)12-8-4/h16H,5-15H2,1-4H3/q+1. The highest BCUT2D eigenvalue weighted by atomic mass is 35.5. The second kappa shape index (κ2) is 11.1. The van der Waals surface area contributed by atoms with Crippen LogP contribution < -0.4 is 0 Å². The molecule has 0 bridgehead atoms. The molecule has 0 aromatic heterocycles. The van der Waals surface area contributed by atoms with E-state index in [0.717, 1.165) is 0 Å². The third kappa shape index (κ3) is 6.43. The minimum atomic E-state index is 0.333. The molecule has 0 aliphatic carbocycles. The third-order valence-electron chi connectivity index (χ3n) is 3.99. The second-order valence-electron chi connectivity index (χ2n) is 5.67. The molecule has 0 spiro atoms. The molecule has 1 atom stereocenters. The highest BCUT2D eigenvalue weighted by Gasteiger charge is 2.33. The van der Waals surface area contributed by atoms with E-state index in [2.05, 4.69) is 27.7 Å². The van der Waals surface area contributed by atoms with Gasteiger partial charge in [-0.2, -0.15) is 0 Å². The molecular formula is C16H35ClN+. The van der Waals surface area contributed by atoms with Gasteiger partial charge in [0, 0.05) is 6.42 Å².